The van der Waals surface area contributed by atoms with Crippen molar-refractivity contribution >= 4 is 70.3 Å². The maximum absolute atomic E-state index is 11.6. The average molecular weight is 481 g/mol. The van der Waals surface area contributed by atoms with Crippen molar-refractivity contribution in [2.75, 3.05) is 20.2 Å². The van der Waals surface area contributed by atoms with Crippen molar-refractivity contribution in [3.8, 4) is 0 Å². The van der Waals surface area contributed by atoms with Crippen molar-refractivity contribution in [3.05, 3.63) is 30.0 Å². The van der Waals surface area contributed by atoms with Crippen molar-refractivity contribution < 1.29 is 17.3 Å². The second kappa shape index (κ2) is 9.51. The molecule has 0 bridgehead atoms. The van der Waals surface area contributed by atoms with Gasteiger partial charge in [0.25, 0.3) is 0 Å². The van der Waals surface area contributed by atoms with Crippen LogP contribution in [0.1, 0.15) is 12.6 Å². The van der Waals surface area contributed by atoms with Crippen LogP contribution in [0.3, 0.4) is 0 Å². The van der Waals surface area contributed by atoms with E-state index < -0.39 is 0 Å². The van der Waals surface area contributed by atoms with Crippen LogP contribution in [0.5, 0.6) is 0 Å². The fraction of sp³-hybridized carbons (Fsp3) is 0.286. The van der Waals surface area contributed by atoms with Crippen LogP contribution in [-0.2, 0) is 12.0 Å². The number of carbonyl (C=O) groups excluding carboxylic acids is 1. The molecular weight excluding hydrogens is 465 g/mol. The van der Waals surface area contributed by atoms with Crippen molar-refractivity contribution in [1.82, 2.24) is 8.28 Å². The number of carbonyl (C=O) groups is 1. The van der Waals surface area contributed by atoms with Crippen LogP contribution in [0.15, 0.2) is 34.3 Å². The van der Waals surface area contributed by atoms with E-state index in [0.29, 0.717) is 12.3 Å². The number of hydrogen-bond donors (Lipinski definition) is 1. The van der Waals surface area contributed by atoms with Gasteiger partial charge in [0.1, 0.15) is 41.8 Å². The van der Waals surface area contributed by atoms with Gasteiger partial charge in [-0.3, -0.25) is 8.77 Å². The lowest BCUT2D eigenvalue weighted by Gasteiger charge is -2.16. The molecule has 2 rings (SSSR count). The number of halogens is 1. The van der Waals surface area contributed by atoms with Gasteiger partial charge in [0, 0.05) is 10.3 Å². The minimum absolute atomic E-state index is 0.177. The number of oxime groups is 1. The van der Waals surface area contributed by atoms with Crippen LogP contribution in [0, 0.1) is 0 Å². The number of hydrogen-bond acceptors (Lipinski definition) is 8. The summed E-state index contributed by atoms with van der Waals surface area (Å²) in [6, 6.07) is 7.75. The summed E-state index contributed by atoms with van der Waals surface area (Å²) in [5.41, 5.74) is 1.60. The summed E-state index contributed by atoms with van der Waals surface area (Å²) in [4.78, 5) is 12.6. The molecule has 0 aliphatic rings. The summed E-state index contributed by atoms with van der Waals surface area (Å²) in [5.74, 6) is -0.270. The second-order valence-corrected chi connectivity index (χ2v) is 7.59. The van der Waals surface area contributed by atoms with E-state index in [0.717, 1.165) is 28.0 Å². The van der Waals surface area contributed by atoms with Crippen molar-refractivity contribution in [2.45, 2.75) is 11.8 Å². The number of para-hydroxylation sites is 1. The van der Waals surface area contributed by atoms with Gasteiger partial charge >= 0.3 is 5.97 Å². The number of benzene rings is 1. The van der Waals surface area contributed by atoms with Crippen LogP contribution in [0.25, 0.3) is 10.9 Å². The predicted molar refractivity (Wildman–Crippen MR) is 105 cm³/mol. The number of fused-ring (bicyclic) bond motifs is 1. The maximum atomic E-state index is 11.6. The van der Waals surface area contributed by atoms with Gasteiger partial charge in [0.05, 0.1) is 24.0 Å². The highest BCUT2D eigenvalue weighted by Gasteiger charge is 2.16. The Hall–Kier alpha value is -0.950. The first kappa shape index (κ1) is 19.4. The maximum Gasteiger partial charge on any atom is 0.321 e. The summed E-state index contributed by atoms with van der Waals surface area (Å²) in [6.45, 7) is 2.32. The lowest BCUT2D eigenvalue weighted by atomic mass is 10.2. The van der Waals surface area contributed by atoms with E-state index in [1.807, 2.05) is 35.3 Å². The molecule has 1 N–H and O–H groups in total. The molecule has 0 saturated carbocycles. The molecule has 24 heavy (non-hydrogen) atoms. The zero-order valence-corrected chi connectivity index (χ0v) is 16.8. The van der Waals surface area contributed by atoms with Gasteiger partial charge in [-0.2, -0.15) is 0 Å². The Balaban J connectivity index is 2.34. The molecule has 0 atom stereocenters. The molecule has 1 heterocycles. The van der Waals surface area contributed by atoms with Gasteiger partial charge in [-0.15, -0.1) is 0 Å². The average Bonchev–Trinajstić information content (AvgIpc) is 2.87. The van der Waals surface area contributed by atoms with E-state index in [4.69, 9.17) is 12.5 Å². The summed E-state index contributed by atoms with van der Waals surface area (Å²) in [6.07, 6.45) is 1.35. The molecule has 0 saturated heterocycles. The van der Waals surface area contributed by atoms with Gasteiger partial charge in [-0.1, -0.05) is 17.3 Å². The zero-order chi connectivity index (χ0) is 17.5. The van der Waals surface area contributed by atoms with Gasteiger partial charge in [-0.05, 0) is 38.1 Å². The molecular formula is C14H16IN3O4S2. The SMILES string of the molecule is CCOC(=O)CN(C)Sc1cccc2cc(/C=N\O)n(SOI)c12. The smallest absolute Gasteiger partial charge is 0.321 e. The van der Waals surface area contributed by atoms with E-state index in [1.165, 1.54) is 18.2 Å². The van der Waals surface area contributed by atoms with Gasteiger partial charge < -0.3 is 9.94 Å². The predicted octanol–water partition coefficient (Wildman–Crippen LogP) is 3.73. The molecule has 1 aromatic carbocycles. The quantitative estimate of drug-likeness (QED) is 0.117. The monoisotopic (exact) mass is 481 g/mol. The van der Waals surface area contributed by atoms with E-state index in [2.05, 4.69) is 5.16 Å². The fourth-order valence-corrected chi connectivity index (χ4v) is 4.14. The first-order valence-corrected chi connectivity index (χ1v) is 9.28. The molecule has 0 radical (unpaired) electrons. The largest absolute Gasteiger partial charge is 0.465 e. The Bertz CT molecular complexity index is 738. The lowest BCUT2D eigenvalue weighted by molar-refractivity contribution is -0.142. The Kier molecular flexibility index (Phi) is 7.68. The number of nitrogens with zero attached hydrogens (tertiary/aromatic N) is 3. The van der Waals surface area contributed by atoms with E-state index in [9.17, 15) is 4.79 Å². The van der Waals surface area contributed by atoms with E-state index in [1.54, 1.807) is 34.2 Å². The molecule has 0 unspecified atom stereocenters. The normalized spacial score (nSPS) is 11.7. The third-order valence-electron chi connectivity index (χ3n) is 2.98. The first-order chi connectivity index (χ1) is 11.6. The van der Waals surface area contributed by atoms with Crippen LogP contribution in [0.4, 0.5) is 0 Å². The van der Waals surface area contributed by atoms with Gasteiger partial charge in [0.15, 0.2) is 0 Å². The first-order valence-electron chi connectivity index (χ1n) is 6.93. The van der Waals surface area contributed by atoms with Gasteiger partial charge in [0.2, 0.25) is 0 Å². The topological polar surface area (TPSA) is 76.3 Å². The van der Waals surface area contributed by atoms with Crippen molar-refractivity contribution in [2.24, 2.45) is 5.16 Å². The Morgan fingerprint density at radius 1 is 1.54 bits per heavy atom. The third-order valence-corrected chi connectivity index (χ3v) is 5.02. The van der Waals surface area contributed by atoms with E-state index in [-0.39, 0.29) is 12.5 Å². The van der Waals surface area contributed by atoms with E-state index >= 15 is 0 Å². The fourth-order valence-electron chi connectivity index (χ4n) is 2.14. The zero-order valence-electron chi connectivity index (χ0n) is 13.0. The Morgan fingerprint density at radius 3 is 3.00 bits per heavy atom. The van der Waals surface area contributed by atoms with Crippen LogP contribution in [-0.4, -0.2) is 45.9 Å². The van der Waals surface area contributed by atoms with Crippen LogP contribution < -0.4 is 0 Å². The molecule has 7 nitrogen and oxygen atoms in total. The number of rotatable bonds is 8. The molecule has 10 heteroatoms. The molecule has 2 aromatic rings. The number of esters is 1. The molecule has 0 fully saturated rings. The summed E-state index contributed by atoms with van der Waals surface area (Å²) >= 11 is 4.34. The second-order valence-electron chi connectivity index (χ2n) is 4.62. The summed E-state index contributed by atoms with van der Waals surface area (Å²) in [7, 11) is 1.83. The molecule has 0 aliphatic carbocycles. The summed E-state index contributed by atoms with van der Waals surface area (Å²) < 4.78 is 13.7. The highest BCUT2D eigenvalue weighted by atomic mass is 127. The number of ether oxygens (including phenoxy) is 1. The third kappa shape index (κ3) is 4.79. The minimum Gasteiger partial charge on any atom is -0.465 e. The number of aromatic nitrogens is 1. The Morgan fingerprint density at radius 2 is 2.33 bits per heavy atom. The van der Waals surface area contributed by atoms with Gasteiger partial charge in [-0.25, -0.2) is 6.82 Å². The standard InChI is InChI=1S/C14H16IN3O4S2/c1-3-21-13(19)9-17(2)23-12-6-4-5-10-7-11(8-16-20)18(14(10)12)24-22-15/h4-8,20H,3,9H2,1-2H3/b16-8-. The number of likely N-dealkylation sites (N-methyl/N-ethyl adjacent to an activating group) is 1. The van der Waals surface area contributed by atoms with Crippen molar-refractivity contribution in [3.63, 3.8) is 0 Å². The molecule has 0 spiro atoms. The Labute approximate surface area is 162 Å². The van der Waals surface area contributed by atoms with Crippen LogP contribution in [0.2, 0.25) is 0 Å². The molecule has 1 aromatic heterocycles. The van der Waals surface area contributed by atoms with Crippen molar-refractivity contribution in [1.29, 1.82) is 0 Å². The minimum atomic E-state index is -0.270. The molecule has 130 valence electrons. The molecule has 0 amide bonds. The lowest BCUT2D eigenvalue weighted by Crippen LogP contribution is -2.21. The molecule has 0 aliphatic heterocycles. The summed E-state index contributed by atoms with van der Waals surface area (Å²) in [5, 5.41) is 12.9. The highest BCUT2D eigenvalue weighted by Crippen LogP contribution is 2.34. The highest BCUT2D eigenvalue weighted by molar-refractivity contribution is 14.1. The van der Waals surface area contributed by atoms with Crippen LogP contribution >= 0.6 is 47.2 Å².